The van der Waals surface area contributed by atoms with E-state index >= 15 is 0 Å². The van der Waals surface area contributed by atoms with Crippen LogP contribution in [0.2, 0.25) is 0 Å². The first-order valence-corrected chi connectivity index (χ1v) is 6.84. The summed E-state index contributed by atoms with van der Waals surface area (Å²) in [6.45, 7) is 5.55. The number of carbonyl (C=O) groups is 1. The first-order chi connectivity index (χ1) is 8.40. The van der Waals surface area contributed by atoms with E-state index in [4.69, 9.17) is 4.74 Å². The molecule has 0 aliphatic carbocycles. The number of halogens is 1. The van der Waals surface area contributed by atoms with Crippen molar-refractivity contribution in [2.45, 2.75) is 31.7 Å². The molecule has 0 aliphatic rings. The van der Waals surface area contributed by atoms with Crippen molar-refractivity contribution in [3.05, 3.63) is 30.1 Å². The van der Waals surface area contributed by atoms with Gasteiger partial charge in [-0.1, -0.05) is 22.0 Å². The summed E-state index contributed by atoms with van der Waals surface area (Å²) in [6, 6.07) is 5.92. The van der Waals surface area contributed by atoms with Crippen LogP contribution in [0.3, 0.4) is 0 Å². The van der Waals surface area contributed by atoms with Crippen molar-refractivity contribution in [1.29, 1.82) is 0 Å². The van der Waals surface area contributed by atoms with Gasteiger partial charge < -0.3 is 4.74 Å². The molecule has 5 heteroatoms. The van der Waals surface area contributed by atoms with Gasteiger partial charge in [0.25, 0.3) is 6.33 Å². The van der Waals surface area contributed by atoms with Crippen molar-refractivity contribution in [3.8, 4) is 0 Å². The maximum Gasteiger partial charge on any atom is 0.512 e. The highest BCUT2D eigenvalue weighted by atomic mass is 79.9. The Hall–Kier alpha value is -1.36. The van der Waals surface area contributed by atoms with E-state index < -0.39 is 5.60 Å². The zero-order chi connectivity index (χ0) is 13.3. The van der Waals surface area contributed by atoms with Crippen LogP contribution < -0.4 is 4.98 Å². The Bertz CT molecular complexity index is 584. The first kappa shape index (κ1) is 13.1. The Balaban J connectivity index is 2.42. The van der Waals surface area contributed by atoms with Gasteiger partial charge in [-0.15, -0.1) is 4.57 Å². The number of nitrogens with zero attached hydrogens (tertiary/aromatic N) is 1. The number of imidazole rings is 1. The lowest BCUT2D eigenvalue weighted by molar-refractivity contribution is -0.345. The van der Waals surface area contributed by atoms with Gasteiger partial charge in [0.15, 0.2) is 11.0 Å². The maximum absolute atomic E-state index is 12.0. The van der Waals surface area contributed by atoms with Gasteiger partial charge in [-0.3, -0.25) is 0 Å². The average Bonchev–Trinajstić information content (AvgIpc) is 2.69. The number of aromatic nitrogens is 2. The van der Waals surface area contributed by atoms with Crippen LogP contribution in [-0.4, -0.2) is 16.3 Å². The molecule has 0 unspecified atom stereocenters. The minimum Gasteiger partial charge on any atom is -0.425 e. The molecule has 1 aromatic carbocycles. The zero-order valence-electron chi connectivity index (χ0n) is 10.7. The lowest BCUT2D eigenvalue weighted by Gasteiger charge is -2.17. The number of nitrogens with one attached hydrogen (secondary N) is 1. The molecule has 4 nitrogen and oxygen atoms in total. The van der Waals surface area contributed by atoms with Crippen molar-refractivity contribution in [2.24, 2.45) is 0 Å². The first-order valence-electron chi connectivity index (χ1n) is 5.72. The molecular weight excluding hydrogens is 296 g/mol. The standard InChI is InChI=1S/C13H15BrN2O2/c1-13(2,3)18-12(17)16-8-15-10-5-4-9(7-14)6-11(10)16/h4-6,8H,7H2,1-3H3/p+1. The monoisotopic (exact) mass is 311 g/mol. The van der Waals surface area contributed by atoms with Crippen LogP contribution in [0.25, 0.3) is 11.0 Å². The third kappa shape index (κ3) is 2.72. The van der Waals surface area contributed by atoms with Crippen LogP contribution in [0.15, 0.2) is 24.5 Å². The number of fused-ring (bicyclic) bond motifs is 1. The minimum atomic E-state index is -0.499. The minimum absolute atomic E-state index is 0.375. The molecule has 96 valence electrons. The predicted octanol–water partition coefficient (Wildman–Crippen LogP) is 3.13. The van der Waals surface area contributed by atoms with Crippen LogP contribution in [0.5, 0.6) is 0 Å². The molecule has 0 atom stereocenters. The Morgan fingerprint density at radius 3 is 2.78 bits per heavy atom. The highest BCUT2D eigenvalue weighted by Crippen LogP contribution is 2.16. The van der Waals surface area contributed by atoms with Gasteiger partial charge in [0, 0.05) is 5.33 Å². The number of ether oxygens (including phenoxy) is 1. The fourth-order valence-electron chi connectivity index (χ4n) is 1.65. The van der Waals surface area contributed by atoms with E-state index in [1.807, 2.05) is 39.0 Å². The summed E-state index contributed by atoms with van der Waals surface area (Å²) in [7, 11) is 0. The second-order valence-electron chi connectivity index (χ2n) is 5.11. The van der Waals surface area contributed by atoms with Crippen LogP contribution >= 0.6 is 15.9 Å². The van der Waals surface area contributed by atoms with Crippen LogP contribution in [0.1, 0.15) is 26.3 Å². The molecule has 2 rings (SSSR count). The largest absolute Gasteiger partial charge is 0.512 e. The number of benzene rings is 1. The van der Waals surface area contributed by atoms with Gasteiger partial charge in [0.1, 0.15) is 5.60 Å². The summed E-state index contributed by atoms with van der Waals surface area (Å²) in [5.74, 6) is 0. The van der Waals surface area contributed by atoms with Crippen LogP contribution in [0, 0.1) is 0 Å². The van der Waals surface area contributed by atoms with Gasteiger partial charge in [0.05, 0.1) is 0 Å². The Morgan fingerprint density at radius 2 is 2.17 bits per heavy atom. The molecule has 0 fully saturated rings. The van der Waals surface area contributed by atoms with E-state index in [1.54, 1.807) is 6.33 Å². The maximum atomic E-state index is 12.0. The third-order valence-electron chi connectivity index (χ3n) is 2.42. The molecule has 2 aromatic rings. The molecular formula is C13H16BrN2O2+. The van der Waals surface area contributed by atoms with E-state index in [0.29, 0.717) is 0 Å². The van der Waals surface area contributed by atoms with Crippen molar-refractivity contribution >= 4 is 33.1 Å². The molecule has 0 radical (unpaired) electrons. The number of alkyl halides is 1. The quantitative estimate of drug-likeness (QED) is 0.759. The van der Waals surface area contributed by atoms with E-state index in [0.717, 1.165) is 21.9 Å². The smallest absolute Gasteiger partial charge is 0.425 e. The summed E-state index contributed by atoms with van der Waals surface area (Å²) in [5.41, 5.74) is 2.34. The fraction of sp³-hybridized carbons (Fsp3) is 0.385. The Morgan fingerprint density at radius 1 is 1.44 bits per heavy atom. The molecule has 0 saturated carbocycles. The van der Waals surface area contributed by atoms with Gasteiger partial charge >= 0.3 is 6.09 Å². The molecule has 0 spiro atoms. The summed E-state index contributed by atoms with van der Waals surface area (Å²) in [6.07, 6.45) is 1.25. The Kier molecular flexibility index (Phi) is 3.43. The van der Waals surface area contributed by atoms with Gasteiger partial charge in [-0.05, 0) is 38.5 Å². The number of carbonyl (C=O) groups excluding carboxylic acids is 1. The lowest BCUT2D eigenvalue weighted by Crippen LogP contribution is -2.27. The molecule has 0 aliphatic heterocycles. The topological polar surface area (TPSA) is 45.4 Å². The molecule has 18 heavy (non-hydrogen) atoms. The van der Waals surface area contributed by atoms with E-state index in [2.05, 4.69) is 20.9 Å². The van der Waals surface area contributed by atoms with Crippen molar-refractivity contribution < 1.29 is 14.5 Å². The summed E-state index contributed by atoms with van der Waals surface area (Å²) in [4.78, 5) is 15.1. The van der Waals surface area contributed by atoms with Crippen LogP contribution in [0.4, 0.5) is 4.79 Å². The van der Waals surface area contributed by atoms with Gasteiger partial charge in [0.2, 0.25) is 0 Å². The number of aromatic amines is 1. The van der Waals surface area contributed by atoms with Crippen LogP contribution in [-0.2, 0) is 10.1 Å². The summed E-state index contributed by atoms with van der Waals surface area (Å²) >= 11 is 3.41. The SMILES string of the molecule is CC(C)(C)OC(=O)n1c[nH+]c2ccc(CBr)cc21. The van der Waals surface area contributed by atoms with Crippen molar-refractivity contribution in [2.75, 3.05) is 0 Å². The molecule has 1 N–H and O–H groups in total. The molecule has 0 amide bonds. The van der Waals surface area contributed by atoms with Gasteiger partial charge in [-0.25, -0.2) is 4.98 Å². The number of hydrogen-bond donors (Lipinski definition) is 0. The molecule has 1 aromatic heterocycles. The molecule has 0 saturated heterocycles. The summed E-state index contributed by atoms with van der Waals surface area (Å²) < 4.78 is 6.85. The lowest BCUT2D eigenvalue weighted by atomic mass is 10.2. The fourth-order valence-corrected chi connectivity index (χ4v) is 2.00. The zero-order valence-corrected chi connectivity index (χ0v) is 12.2. The van der Waals surface area contributed by atoms with E-state index in [-0.39, 0.29) is 6.09 Å². The normalized spacial score (nSPS) is 11.8. The van der Waals surface area contributed by atoms with Crippen molar-refractivity contribution in [1.82, 2.24) is 4.57 Å². The second kappa shape index (κ2) is 4.72. The van der Waals surface area contributed by atoms with Crippen molar-refractivity contribution in [3.63, 3.8) is 0 Å². The predicted molar refractivity (Wildman–Crippen MR) is 72.8 cm³/mol. The van der Waals surface area contributed by atoms with E-state index in [9.17, 15) is 4.79 Å². The highest BCUT2D eigenvalue weighted by Gasteiger charge is 2.24. The molecule has 0 bridgehead atoms. The number of H-pyrrole nitrogens is 1. The number of rotatable bonds is 1. The third-order valence-corrected chi connectivity index (χ3v) is 3.06. The Labute approximate surface area is 114 Å². The number of hydrogen-bond acceptors (Lipinski definition) is 2. The molecule has 1 heterocycles. The highest BCUT2D eigenvalue weighted by molar-refractivity contribution is 9.08. The summed E-state index contributed by atoms with van der Waals surface area (Å²) in [5, 5.41) is 0.752. The van der Waals surface area contributed by atoms with Gasteiger partial charge in [-0.2, -0.15) is 4.79 Å². The average molecular weight is 312 g/mol. The van der Waals surface area contributed by atoms with E-state index in [1.165, 1.54) is 4.57 Å². The second-order valence-corrected chi connectivity index (χ2v) is 5.67.